The second-order valence-corrected chi connectivity index (χ2v) is 5.62. The zero-order valence-corrected chi connectivity index (χ0v) is 12.2. The van der Waals surface area contributed by atoms with Crippen LogP contribution in [0.15, 0.2) is 18.2 Å². The molecule has 0 unspecified atom stereocenters. The van der Waals surface area contributed by atoms with E-state index in [2.05, 4.69) is 43.5 Å². The van der Waals surface area contributed by atoms with Crippen LogP contribution >= 0.6 is 11.6 Å². The average molecular weight is 265 g/mol. The number of rotatable bonds is 5. The van der Waals surface area contributed by atoms with E-state index in [1.807, 2.05) is 0 Å². The maximum absolute atomic E-state index is 5.88. The van der Waals surface area contributed by atoms with Gasteiger partial charge in [0.05, 0.1) is 11.0 Å². The third-order valence-corrected chi connectivity index (χ3v) is 3.48. The molecule has 2 aromatic rings. The summed E-state index contributed by atoms with van der Waals surface area (Å²) in [7, 11) is 0. The zero-order chi connectivity index (χ0) is 13.1. The lowest BCUT2D eigenvalue weighted by Gasteiger charge is -2.11. The van der Waals surface area contributed by atoms with Gasteiger partial charge in [-0.2, -0.15) is 0 Å². The van der Waals surface area contributed by atoms with E-state index < -0.39 is 0 Å². The summed E-state index contributed by atoms with van der Waals surface area (Å²) < 4.78 is 2.35. The summed E-state index contributed by atoms with van der Waals surface area (Å²) in [4.78, 5) is 4.72. The third-order valence-electron chi connectivity index (χ3n) is 3.30. The maximum Gasteiger partial charge on any atom is 0.111 e. The van der Waals surface area contributed by atoms with Crippen LogP contribution in [-0.2, 0) is 13.0 Å². The molecule has 0 saturated heterocycles. The van der Waals surface area contributed by atoms with Crippen LogP contribution in [0, 0.1) is 12.8 Å². The van der Waals surface area contributed by atoms with Crippen LogP contribution in [0.5, 0.6) is 0 Å². The Hall–Kier alpha value is -1.02. The lowest BCUT2D eigenvalue weighted by Crippen LogP contribution is -2.07. The van der Waals surface area contributed by atoms with Crippen molar-refractivity contribution in [3.05, 3.63) is 29.6 Å². The number of hydrogen-bond acceptors (Lipinski definition) is 1. The summed E-state index contributed by atoms with van der Waals surface area (Å²) in [6.45, 7) is 7.70. The fraction of sp³-hybridized carbons (Fsp3) is 0.533. The molecule has 0 radical (unpaired) electrons. The van der Waals surface area contributed by atoms with Gasteiger partial charge >= 0.3 is 0 Å². The van der Waals surface area contributed by atoms with Crippen LogP contribution in [0.3, 0.4) is 0 Å². The first-order valence-corrected chi connectivity index (χ1v) is 7.17. The van der Waals surface area contributed by atoms with E-state index in [4.69, 9.17) is 16.6 Å². The first-order chi connectivity index (χ1) is 8.63. The van der Waals surface area contributed by atoms with Crippen molar-refractivity contribution in [1.82, 2.24) is 9.55 Å². The lowest BCUT2D eigenvalue weighted by atomic mass is 10.1. The normalized spacial score (nSPS) is 11.6. The van der Waals surface area contributed by atoms with Crippen molar-refractivity contribution in [2.45, 2.75) is 40.2 Å². The molecule has 0 spiro atoms. The quantitative estimate of drug-likeness (QED) is 0.741. The zero-order valence-electron chi connectivity index (χ0n) is 11.4. The van der Waals surface area contributed by atoms with Gasteiger partial charge in [-0.25, -0.2) is 4.98 Å². The number of aryl methyl sites for hydroxylation is 3. The van der Waals surface area contributed by atoms with Crippen molar-refractivity contribution in [2.75, 3.05) is 5.88 Å². The predicted molar refractivity (Wildman–Crippen MR) is 78.3 cm³/mol. The van der Waals surface area contributed by atoms with E-state index in [-0.39, 0.29) is 0 Å². The van der Waals surface area contributed by atoms with Gasteiger partial charge in [-0.1, -0.05) is 26.0 Å². The van der Waals surface area contributed by atoms with E-state index in [9.17, 15) is 0 Å². The maximum atomic E-state index is 5.88. The molecule has 2 nitrogen and oxygen atoms in total. The van der Waals surface area contributed by atoms with Crippen LogP contribution in [0.2, 0.25) is 0 Å². The highest BCUT2D eigenvalue weighted by Gasteiger charge is 2.12. The van der Waals surface area contributed by atoms with Crippen LogP contribution in [0.25, 0.3) is 11.0 Å². The summed E-state index contributed by atoms with van der Waals surface area (Å²) in [6.07, 6.45) is 2.02. The highest BCUT2D eigenvalue weighted by Crippen LogP contribution is 2.21. The van der Waals surface area contributed by atoms with Crippen LogP contribution in [-0.4, -0.2) is 15.4 Å². The molecule has 1 aromatic carbocycles. The van der Waals surface area contributed by atoms with E-state index in [1.54, 1.807) is 0 Å². The number of benzene rings is 1. The smallest absolute Gasteiger partial charge is 0.111 e. The van der Waals surface area contributed by atoms with Gasteiger partial charge in [-0.15, -0.1) is 11.6 Å². The van der Waals surface area contributed by atoms with E-state index in [1.165, 1.54) is 17.5 Å². The van der Waals surface area contributed by atoms with Crippen molar-refractivity contribution >= 4 is 22.6 Å². The first-order valence-electron chi connectivity index (χ1n) is 6.64. The van der Waals surface area contributed by atoms with Crippen molar-refractivity contribution in [2.24, 2.45) is 5.92 Å². The molecule has 3 heteroatoms. The van der Waals surface area contributed by atoms with Gasteiger partial charge in [0.2, 0.25) is 0 Å². The third kappa shape index (κ3) is 2.69. The standard InChI is InChI=1S/C15H21ClN2/c1-11(2)8-10-18-14(7-9-16)17-13-6-4-5-12(3)15(13)18/h4-6,11H,7-10H2,1-3H3. The van der Waals surface area contributed by atoms with Crippen LogP contribution in [0.4, 0.5) is 0 Å². The summed E-state index contributed by atoms with van der Waals surface area (Å²) in [6, 6.07) is 6.31. The van der Waals surface area contributed by atoms with Crippen molar-refractivity contribution in [3.63, 3.8) is 0 Å². The molecule has 0 N–H and O–H groups in total. The number of aromatic nitrogens is 2. The Labute approximate surface area is 114 Å². The summed E-state index contributed by atoms with van der Waals surface area (Å²) in [5, 5.41) is 0. The second-order valence-electron chi connectivity index (χ2n) is 5.24. The van der Waals surface area contributed by atoms with Gasteiger partial charge < -0.3 is 4.57 Å². The highest BCUT2D eigenvalue weighted by atomic mass is 35.5. The SMILES string of the molecule is Cc1cccc2nc(CCCl)n(CCC(C)C)c12. The Balaban J connectivity index is 2.47. The number of fused-ring (bicyclic) bond motifs is 1. The molecule has 0 aliphatic carbocycles. The molecule has 2 rings (SSSR count). The van der Waals surface area contributed by atoms with E-state index >= 15 is 0 Å². The number of halogens is 1. The molecule has 0 amide bonds. The molecular formula is C15H21ClN2. The van der Waals surface area contributed by atoms with Gasteiger partial charge in [-0.3, -0.25) is 0 Å². The van der Waals surface area contributed by atoms with Gasteiger partial charge in [0.25, 0.3) is 0 Å². The Kier molecular flexibility index (Phi) is 4.28. The number of alkyl halides is 1. The Morgan fingerprint density at radius 2 is 2.11 bits per heavy atom. The molecule has 0 bridgehead atoms. The molecule has 0 aliphatic rings. The summed E-state index contributed by atoms with van der Waals surface area (Å²) in [5.41, 5.74) is 3.67. The highest BCUT2D eigenvalue weighted by molar-refractivity contribution is 6.17. The van der Waals surface area contributed by atoms with E-state index in [0.29, 0.717) is 11.8 Å². The van der Waals surface area contributed by atoms with Crippen LogP contribution < -0.4 is 0 Å². The van der Waals surface area contributed by atoms with E-state index in [0.717, 1.165) is 24.3 Å². The molecule has 0 aliphatic heterocycles. The Morgan fingerprint density at radius 1 is 1.33 bits per heavy atom. The molecule has 0 atom stereocenters. The second kappa shape index (κ2) is 5.75. The molecule has 0 saturated carbocycles. The fourth-order valence-corrected chi connectivity index (χ4v) is 2.49. The van der Waals surface area contributed by atoms with Gasteiger partial charge in [0.15, 0.2) is 0 Å². The number of para-hydroxylation sites is 1. The number of imidazole rings is 1. The van der Waals surface area contributed by atoms with Gasteiger partial charge in [0, 0.05) is 18.8 Å². The average Bonchev–Trinajstić information content (AvgIpc) is 2.66. The lowest BCUT2D eigenvalue weighted by molar-refractivity contribution is 0.513. The number of nitrogens with zero attached hydrogens (tertiary/aromatic N) is 2. The molecule has 0 fully saturated rings. The van der Waals surface area contributed by atoms with Crippen molar-refractivity contribution in [1.29, 1.82) is 0 Å². The predicted octanol–water partition coefficient (Wildman–Crippen LogP) is 4.17. The van der Waals surface area contributed by atoms with Gasteiger partial charge in [0.1, 0.15) is 5.82 Å². The monoisotopic (exact) mass is 264 g/mol. The minimum Gasteiger partial charge on any atom is -0.328 e. The first kappa shape index (κ1) is 13.4. The minimum absolute atomic E-state index is 0.629. The van der Waals surface area contributed by atoms with Crippen LogP contribution in [0.1, 0.15) is 31.7 Å². The minimum atomic E-state index is 0.629. The fourth-order valence-electron chi connectivity index (χ4n) is 2.32. The molecule has 1 heterocycles. The summed E-state index contributed by atoms with van der Waals surface area (Å²) in [5.74, 6) is 2.45. The van der Waals surface area contributed by atoms with Gasteiger partial charge in [-0.05, 0) is 30.9 Å². The van der Waals surface area contributed by atoms with Crippen molar-refractivity contribution < 1.29 is 0 Å². The Morgan fingerprint density at radius 3 is 2.78 bits per heavy atom. The molecule has 18 heavy (non-hydrogen) atoms. The molecular weight excluding hydrogens is 244 g/mol. The largest absolute Gasteiger partial charge is 0.328 e. The topological polar surface area (TPSA) is 17.8 Å². The molecule has 1 aromatic heterocycles. The van der Waals surface area contributed by atoms with Crippen molar-refractivity contribution in [3.8, 4) is 0 Å². The number of hydrogen-bond donors (Lipinski definition) is 0. The summed E-state index contributed by atoms with van der Waals surface area (Å²) >= 11 is 5.88. The molecule has 98 valence electrons. The Bertz CT molecular complexity index is 529.